The van der Waals surface area contributed by atoms with Crippen molar-refractivity contribution in [3.8, 4) is 11.8 Å². The lowest BCUT2D eigenvalue weighted by Crippen LogP contribution is -2.05. The minimum absolute atomic E-state index is 0.0575. The molecule has 0 amide bonds. The van der Waals surface area contributed by atoms with Gasteiger partial charge in [0.25, 0.3) is 0 Å². The van der Waals surface area contributed by atoms with Crippen LogP contribution in [0.4, 0.5) is 0 Å². The Hall–Kier alpha value is -1.75. The van der Waals surface area contributed by atoms with E-state index in [1.807, 2.05) is 24.3 Å². The first-order valence-electron chi connectivity index (χ1n) is 5.59. The molecule has 1 atom stereocenters. The Morgan fingerprint density at radius 1 is 1.31 bits per heavy atom. The molecule has 82 valence electrons. The van der Waals surface area contributed by atoms with Crippen LogP contribution in [-0.4, -0.2) is 7.11 Å². The maximum Gasteiger partial charge on any atom is 0.118 e. The number of rotatable bonds is 2. The van der Waals surface area contributed by atoms with E-state index in [1.54, 1.807) is 7.11 Å². The van der Waals surface area contributed by atoms with Crippen molar-refractivity contribution >= 4 is 5.57 Å². The van der Waals surface area contributed by atoms with Gasteiger partial charge in [0.05, 0.1) is 19.1 Å². The van der Waals surface area contributed by atoms with Gasteiger partial charge in [0.2, 0.25) is 0 Å². The number of nitrogens with zero attached hydrogens (tertiary/aromatic N) is 1. The fourth-order valence-electron chi connectivity index (χ4n) is 2.11. The standard InChI is InChI=1S/C14H15NO/c1-16-13-8-6-11(7-9-13)14-5-3-2-4-12(14)10-15/h5-9,12H,2-4H2,1H3/t12-/m1/s1. The number of allylic oxidation sites excluding steroid dienone is 2. The van der Waals surface area contributed by atoms with E-state index < -0.39 is 0 Å². The number of benzene rings is 1. The first-order valence-corrected chi connectivity index (χ1v) is 5.59. The summed E-state index contributed by atoms with van der Waals surface area (Å²) in [5.74, 6) is 0.913. The molecule has 2 rings (SSSR count). The number of hydrogen-bond acceptors (Lipinski definition) is 2. The molecule has 0 N–H and O–H groups in total. The van der Waals surface area contributed by atoms with E-state index in [-0.39, 0.29) is 5.92 Å². The van der Waals surface area contributed by atoms with Crippen LogP contribution in [0.25, 0.3) is 5.57 Å². The first kappa shape index (κ1) is 10.8. The molecule has 2 heteroatoms. The fourth-order valence-corrected chi connectivity index (χ4v) is 2.11. The number of hydrogen-bond donors (Lipinski definition) is 0. The minimum atomic E-state index is 0.0575. The van der Waals surface area contributed by atoms with Gasteiger partial charge in [0.1, 0.15) is 5.75 Å². The highest BCUT2D eigenvalue weighted by Gasteiger charge is 2.18. The normalized spacial score (nSPS) is 19.8. The summed E-state index contributed by atoms with van der Waals surface area (Å²) in [6, 6.07) is 10.3. The molecule has 16 heavy (non-hydrogen) atoms. The Morgan fingerprint density at radius 3 is 2.69 bits per heavy atom. The van der Waals surface area contributed by atoms with Crippen molar-refractivity contribution < 1.29 is 4.74 Å². The molecule has 0 saturated heterocycles. The van der Waals surface area contributed by atoms with Gasteiger partial charge >= 0.3 is 0 Å². The Labute approximate surface area is 96.2 Å². The molecule has 1 aromatic carbocycles. The third-order valence-corrected chi connectivity index (χ3v) is 3.02. The van der Waals surface area contributed by atoms with Gasteiger partial charge in [-0.25, -0.2) is 0 Å². The SMILES string of the molecule is COc1ccc(C2=CCCC[C@@H]2C#N)cc1. The predicted molar refractivity (Wildman–Crippen MR) is 63.9 cm³/mol. The number of nitriles is 1. The minimum Gasteiger partial charge on any atom is -0.497 e. The van der Waals surface area contributed by atoms with Crippen molar-refractivity contribution in [1.29, 1.82) is 5.26 Å². The molecule has 0 aromatic heterocycles. The smallest absolute Gasteiger partial charge is 0.118 e. The second-order valence-electron chi connectivity index (χ2n) is 4.00. The summed E-state index contributed by atoms with van der Waals surface area (Å²) < 4.78 is 5.13. The summed E-state index contributed by atoms with van der Waals surface area (Å²) in [5, 5.41) is 9.11. The van der Waals surface area contributed by atoms with Crippen LogP contribution in [0.3, 0.4) is 0 Å². The summed E-state index contributed by atoms with van der Waals surface area (Å²) in [6.07, 6.45) is 5.38. The lowest BCUT2D eigenvalue weighted by atomic mass is 9.85. The summed E-state index contributed by atoms with van der Waals surface area (Å²) in [4.78, 5) is 0. The van der Waals surface area contributed by atoms with Crippen LogP contribution < -0.4 is 4.74 Å². The molecule has 0 fully saturated rings. The Balaban J connectivity index is 2.28. The molecule has 1 aliphatic rings. The van der Waals surface area contributed by atoms with E-state index in [1.165, 1.54) is 5.57 Å². The van der Waals surface area contributed by atoms with Crippen molar-refractivity contribution in [2.75, 3.05) is 7.11 Å². The Morgan fingerprint density at radius 2 is 2.06 bits per heavy atom. The van der Waals surface area contributed by atoms with Crippen LogP contribution in [0.2, 0.25) is 0 Å². The van der Waals surface area contributed by atoms with E-state index in [9.17, 15) is 0 Å². The summed E-state index contributed by atoms with van der Waals surface area (Å²) >= 11 is 0. The highest BCUT2D eigenvalue weighted by Crippen LogP contribution is 2.32. The van der Waals surface area contributed by atoms with Crippen molar-refractivity contribution in [3.63, 3.8) is 0 Å². The van der Waals surface area contributed by atoms with Gasteiger partial charge < -0.3 is 4.74 Å². The van der Waals surface area contributed by atoms with Gasteiger partial charge in [0.15, 0.2) is 0 Å². The third-order valence-electron chi connectivity index (χ3n) is 3.02. The molecule has 0 heterocycles. The average Bonchev–Trinajstić information content (AvgIpc) is 2.39. The molecule has 2 nitrogen and oxygen atoms in total. The maximum absolute atomic E-state index is 9.11. The molecule has 1 aromatic rings. The monoisotopic (exact) mass is 213 g/mol. The maximum atomic E-state index is 9.11. The van der Waals surface area contributed by atoms with E-state index in [2.05, 4.69) is 12.1 Å². The van der Waals surface area contributed by atoms with Crippen molar-refractivity contribution in [1.82, 2.24) is 0 Å². The molecule has 0 bridgehead atoms. The lowest BCUT2D eigenvalue weighted by molar-refractivity contribution is 0.414. The summed E-state index contributed by atoms with van der Waals surface area (Å²) in [6.45, 7) is 0. The van der Waals surface area contributed by atoms with Crippen LogP contribution in [-0.2, 0) is 0 Å². The molecule has 0 radical (unpaired) electrons. The molecule has 0 saturated carbocycles. The highest BCUT2D eigenvalue weighted by molar-refractivity contribution is 5.70. The van der Waals surface area contributed by atoms with Crippen LogP contribution in [0, 0.1) is 17.2 Å². The van der Waals surface area contributed by atoms with E-state index in [0.717, 1.165) is 30.6 Å². The van der Waals surface area contributed by atoms with Gasteiger partial charge in [-0.15, -0.1) is 0 Å². The Bertz CT molecular complexity index is 425. The highest BCUT2D eigenvalue weighted by atomic mass is 16.5. The Kier molecular flexibility index (Phi) is 3.26. The largest absolute Gasteiger partial charge is 0.497 e. The zero-order chi connectivity index (χ0) is 11.4. The van der Waals surface area contributed by atoms with Crippen molar-refractivity contribution in [2.24, 2.45) is 5.92 Å². The van der Waals surface area contributed by atoms with E-state index in [0.29, 0.717) is 0 Å². The van der Waals surface area contributed by atoms with E-state index in [4.69, 9.17) is 10.00 Å². The van der Waals surface area contributed by atoms with Gasteiger partial charge in [-0.2, -0.15) is 5.26 Å². The fraction of sp³-hybridized carbons (Fsp3) is 0.357. The van der Waals surface area contributed by atoms with Gasteiger partial charge in [-0.1, -0.05) is 18.2 Å². The number of methoxy groups -OCH3 is 1. The molecular weight excluding hydrogens is 198 g/mol. The lowest BCUT2D eigenvalue weighted by Gasteiger charge is -2.18. The number of ether oxygens (including phenoxy) is 1. The van der Waals surface area contributed by atoms with Crippen molar-refractivity contribution in [3.05, 3.63) is 35.9 Å². The zero-order valence-corrected chi connectivity index (χ0v) is 9.44. The van der Waals surface area contributed by atoms with Crippen LogP contribution >= 0.6 is 0 Å². The van der Waals surface area contributed by atoms with Crippen LogP contribution in [0.5, 0.6) is 5.75 Å². The average molecular weight is 213 g/mol. The quantitative estimate of drug-likeness (QED) is 0.754. The summed E-state index contributed by atoms with van der Waals surface area (Å²) in [5.41, 5.74) is 2.32. The van der Waals surface area contributed by atoms with Crippen molar-refractivity contribution in [2.45, 2.75) is 19.3 Å². The zero-order valence-electron chi connectivity index (χ0n) is 9.44. The molecule has 0 unspecified atom stereocenters. The molecule has 0 aliphatic heterocycles. The summed E-state index contributed by atoms with van der Waals surface area (Å²) in [7, 11) is 1.66. The molecular formula is C14H15NO. The predicted octanol–water partition coefficient (Wildman–Crippen LogP) is 3.40. The van der Waals surface area contributed by atoms with Gasteiger partial charge in [-0.3, -0.25) is 0 Å². The first-order chi connectivity index (χ1) is 7.85. The van der Waals surface area contributed by atoms with Crippen LogP contribution in [0.1, 0.15) is 24.8 Å². The molecule has 0 spiro atoms. The van der Waals surface area contributed by atoms with Crippen LogP contribution in [0.15, 0.2) is 30.3 Å². The topological polar surface area (TPSA) is 33.0 Å². The second kappa shape index (κ2) is 4.85. The van der Waals surface area contributed by atoms with Gasteiger partial charge in [-0.05, 0) is 42.5 Å². The molecule has 1 aliphatic carbocycles. The van der Waals surface area contributed by atoms with Gasteiger partial charge in [0, 0.05) is 0 Å². The van der Waals surface area contributed by atoms with E-state index >= 15 is 0 Å². The third kappa shape index (κ3) is 2.09. The second-order valence-corrected chi connectivity index (χ2v) is 4.00.